The molecule has 8 heteroatoms. The van der Waals surface area contributed by atoms with Crippen LogP contribution in [0.2, 0.25) is 0 Å². The molecule has 1 aliphatic heterocycles. The molecule has 1 aliphatic rings. The lowest BCUT2D eigenvalue weighted by Gasteiger charge is -2.37. The van der Waals surface area contributed by atoms with Crippen molar-refractivity contribution in [1.29, 1.82) is 0 Å². The van der Waals surface area contributed by atoms with E-state index in [9.17, 15) is 14.7 Å². The van der Waals surface area contributed by atoms with Crippen LogP contribution < -0.4 is 4.74 Å². The second kappa shape index (κ2) is 12.5. The van der Waals surface area contributed by atoms with Gasteiger partial charge in [-0.25, -0.2) is 4.98 Å². The van der Waals surface area contributed by atoms with Gasteiger partial charge in [-0.15, -0.1) is 0 Å². The molecule has 3 rings (SSSR count). The number of likely N-dealkylation sites (N-methyl/N-ethyl adjacent to an activating group) is 1. The highest BCUT2D eigenvalue weighted by atomic mass is 16.5. The van der Waals surface area contributed by atoms with E-state index in [-0.39, 0.29) is 36.3 Å². The van der Waals surface area contributed by atoms with Gasteiger partial charge >= 0.3 is 0 Å². The van der Waals surface area contributed by atoms with Crippen LogP contribution in [0.25, 0.3) is 0 Å². The molecule has 1 aromatic carbocycles. The average Bonchev–Trinajstić information content (AvgIpc) is 2.86. The van der Waals surface area contributed by atoms with Crippen LogP contribution in [0.15, 0.2) is 42.6 Å². The van der Waals surface area contributed by atoms with E-state index in [1.165, 1.54) is 0 Å². The number of ether oxygens (including phenoxy) is 1. The Morgan fingerprint density at radius 1 is 1.28 bits per heavy atom. The third-order valence-corrected chi connectivity index (χ3v) is 6.23. The first-order valence-corrected chi connectivity index (χ1v) is 12.2. The quantitative estimate of drug-likeness (QED) is 0.595. The van der Waals surface area contributed by atoms with Crippen LogP contribution in [0.1, 0.15) is 35.3 Å². The summed E-state index contributed by atoms with van der Waals surface area (Å²) in [5.41, 5.74) is 1.87. The summed E-state index contributed by atoms with van der Waals surface area (Å²) in [7, 11) is 5.63. The van der Waals surface area contributed by atoms with E-state index in [4.69, 9.17) is 4.74 Å². The Balaban J connectivity index is 1.87. The molecule has 0 spiro atoms. The number of pyridine rings is 1. The summed E-state index contributed by atoms with van der Waals surface area (Å²) in [6, 6.07) is 10.9. The third kappa shape index (κ3) is 7.06. The Kier molecular flexibility index (Phi) is 9.45. The van der Waals surface area contributed by atoms with Gasteiger partial charge in [0.25, 0.3) is 5.91 Å². The van der Waals surface area contributed by atoms with Gasteiger partial charge < -0.3 is 19.6 Å². The minimum absolute atomic E-state index is 0.0181. The molecule has 0 bridgehead atoms. The molecule has 3 atom stereocenters. The summed E-state index contributed by atoms with van der Waals surface area (Å²) in [6.45, 7) is 4.93. The normalized spacial score (nSPS) is 18.3. The van der Waals surface area contributed by atoms with Crippen molar-refractivity contribution >= 4 is 11.8 Å². The van der Waals surface area contributed by atoms with Crippen LogP contribution in [-0.2, 0) is 11.2 Å². The lowest BCUT2D eigenvalue weighted by molar-refractivity contribution is -0.130. The van der Waals surface area contributed by atoms with Gasteiger partial charge in [0.1, 0.15) is 11.7 Å². The number of nitrogens with zero attached hydrogens (tertiary/aromatic N) is 4. The van der Waals surface area contributed by atoms with E-state index in [1.54, 1.807) is 29.1 Å². The summed E-state index contributed by atoms with van der Waals surface area (Å²) in [4.78, 5) is 36.1. The van der Waals surface area contributed by atoms with Crippen LogP contribution >= 0.6 is 0 Å². The average molecular weight is 493 g/mol. The van der Waals surface area contributed by atoms with Crippen LogP contribution in [-0.4, -0.2) is 96.1 Å². The fourth-order valence-electron chi connectivity index (χ4n) is 3.97. The minimum atomic E-state index is -0.395. The molecule has 0 fully saturated rings. The van der Waals surface area contributed by atoms with E-state index in [2.05, 4.69) is 16.8 Å². The highest BCUT2D eigenvalue weighted by Gasteiger charge is 2.34. The number of aliphatic hydroxyl groups is 1. The van der Waals surface area contributed by atoms with Crippen LogP contribution in [0.5, 0.6) is 5.88 Å². The molecule has 0 unspecified atom stereocenters. The van der Waals surface area contributed by atoms with Gasteiger partial charge in [-0.3, -0.25) is 14.5 Å². The molecule has 0 radical (unpaired) electrons. The van der Waals surface area contributed by atoms with Crippen LogP contribution in [0.3, 0.4) is 0 Å². The van der Waals surface area contributed by atoms with Crippen molar-refractivity contribution in [2.45, 2.75) is 32.4 Å². The topological polar surface area (TPSA) is 86.2 Å². The number of hydrogen-bond acceptors (Lipinski definition) is 6. The molecule has 1 aromatic heterocycles. The maximum Gasteiger partial charge on any atom is 0.259 e. The van der Waals surface area contributed by atoms with Crippen molar-refractivity contribution in [1.82, 2.24) is 19.7 Å². The van der Waals surface area contributed by atoms with Crippen molar-refractivity contribution < 1.29 is 19.4 Å². The smallest absolute Gasteiger partial charge is 0.259 e. The van der Waals surface area contributed by atoms with Gasteiger partial charge in [0.05, 0.1) is 32.2 Å². The highest BCUT2D eigenvalue weighted by molar-refractivity contribution is 5.97. The highest BCUT2D eigenvalue weighted by Crippen LogP contribution is 2.27. The molecule has 0 aliphatic carbocycles. The number of aromatic nitrogens is 1. The third-order valence-electron chi connectivity index (χ3n) is 6.23. The number of fused-ring (bicyclic) bond motifs is 1. The molecule has 2 amide bonds. The van der Waals surface area contributed by atoms with Crippen molar-refractivity contribution in [3.05, 3.63) is 59.3 Å². The molecular formula is C28H36N4O4. The van der Waals surface area contributed by atoms with E-state index >= 15 is 0 Å². The summed E-state index contributed by atoms with van der Waals surface area (Å²) in [6.07, 6.45) is 1.50. The second-order valence-corrected chi connectivity index (χ2v) is 9.68. The van der Waals surface area contributed by atoms with Crippen molar-refractivity contribution in [3.8, 4) is 17.7 Å². The zero-order valence-electron chi connectivity index (χ0n) is 21.8. The van der Waals surface area contributed by atoms with E-state index in [1.807, 2.05) is 63.2 Å². The lowest BCUT2D eigenvalue weighted by Crippen LogP contribution is -2.50. The first-order valence-electron chi connectivity index (χ1n) is 12.2. The maximum atomic E-state index is 13.5. The van der Waals surface area contributed by atoms with Gasteiger partial charge in [-0.05, 0) is 32.6 Å². The zero-order valence-corrected chi connectivity index (χ0v) is 21.8. The molecule has 36 heavy (non-hydrogen) atoms. The molecule has 2 aromatic rings. The number of carbonyl (C=O) groups excluding carboxylic acids is 2. The zero-order chi connectivity index (χ0) is 26.2. The van der Waals surface area contributed by atoms with E-state index < -0.39 is 6.10 Å². The van der Waals surface area contributed by atoms with Gasteiger partial charge in [0.2, 0.25) is 11.8 Å². The standard InChI is InChI=1S/C28H36N4O4/c1-20-17-32(21(2)19-33)28(35)24-14-23(12-9-13-30(3)4)16-29-27(24)36-25(20)18-31(5)26(34)15-22-10-7-6-8-11-22/h6-8,10-11,14,16,20-21,25,33H,13,15,17-19H2,1-5H3/t20-,21-,25-/m1/s1. The summed E-state index contributed by atoms with van der Waals surface area (Å²) < 4.78 is 6.28. The summed E-state index contributed by atoms with van der Waals surface area (Å²) >= 11 is 0. The predicted octanol–water partition coefficient (Wildman–Crippen LogP) is 1.92. The Morgan fingerprint density at radius 2 is 2.00 bits per heavy atom. The molecule has 8 nitrogen and oxygen atoms in total. The molecule has 0 saturated heterocycles. The van der Waals surface area contributed by atoms with Gasteiger partial charge in [0.15, 0.2) is 0 Å². The molecule has 192 valence electrons. The van der Waals surface area contributed by atoms with E-state index in [0.717, 1.165) is 5.56 Å². The summed E-state index contributed by atoms with van der Waals surface area (Å²) in [5.74, 6) is 5.94. The number of aliphatic hydroxyl groups excluding tert-OH is 1. The number of carbonyl (C=O) groups is 2. The molecule has 2 heterocycles. The van der Waals surface area contributed by atoms with Crippen molar-refractivity contribution in [2.24, 2.45) is 5.92 Å². The number of benzene rings is 1. The summed E-state index contributed by atoms with van der Waals surface area (Å²) in [5, 5.41) is 9.83. The SMILES string of the molecule is C[C@@H]1CN([C@H](C)CO)C(=O)c2cc(C#CCN(C)C)cnc2O[C@@H]1CN(C)C(=O)Cc1ccccc1. The Hall–Kier alpha value is -3.41. The fraction of sp³-hybridized carbons (Fsp3) is 0.464. The minimum Gasteiger partial charge on any atom is -0.472 e. The first kappa shape index (κ1) is 27.2. The van der Waals surface area contributed by atoms with Crippen molar-refractivity contribution in [3.63, 3.8) is 0 Å². The molecule has 0 saturated carbocycles. The van der Waals surface area contributed by atoms with Crippen LogP contribution in [0, 0.1) is 17.8 Å². The largest absolute Gasteiger partial charge is 0.472 e. The first-order chi connectivity index (χ1) is 17.2. The Bertz CT molecular complexity index is 1110. The monoisotopic (exact) mass is 492 g/mol. The number of hydrogen-bond donors (Lipinski definition) is 1. The van der Waals surface area contributed by atoms with Gasteiger partial charge in [-0.2, -0.15) is 0 Å². The Morgan fingerprint density at radius 3 is 2.67 bits per heavy atom. The van der Waals surface area contributed by atoms with Gasteiger partial charge in [0, 0.05) is 31.3 Å². The van der Waals surface area contributed by atoms with Crippen LogP contribution in [0.4, 0.5) is 0 Å². The maximum absolute atomic E-state index is 13.5. The van der Waals surface area contributed by atoms with Crippen molar-refractivity contribution in [2.75, 3.05) is 47.4 Å². The van der Waals surface area contributed by atoms with Gasteiger partial charge in [-0.1, -0.05) is 49.1 Å². The molecule has 1 N–H and O–H groups in total. The number of amides is 2. The fourth-order valence-corrected chi connectivity index (χ4v) is 3.97. The number of rotatable bonds is 7. The van der Waals surface area contributed by atoms with E-state index in [0.29, 0.717) is 37.2 Å². The Labute approximate surface area is 213 Å². The second-order valence-electron chi connectivity index (χ2n) is 9.68. The molecular weight excluding hydrogens is 456 g/mol. The predicted molar refractivity (Wildman–Crippen MR) is 139 cm³/mol. The lowest BCUT2D eigenvalue weighted by atomic mass is 9.99.